The summed E-state index contributed by atoms with van der Waals surface area (Å²) in [6.45, 7) is 15.4. The summed E-state index contributed by atoms with van der Waals surface area (Å²) in [6.07, 6.45) is 1.37. The molecule has 4 amide bonds. The van der Waals surface area contributed by atoms with Crippen LogP contribution in [0, 0.1) is 0 Å². The molecule has 0 spiro atoms. The maximum absolute atomic E-state index is 16.1. The zero-order valence-electron chi connectivity index (χ0n) is 44.7. The predicted molar refractivity (Wildman–Crippen MR) is 291 cm³/mol. The number of nitrogens with zero attached hydrogens (tertiary/aromatic N) is 4. The van der Waals surface area contributed by atoms with Gasteiger partial charge in [0.1, 0.15) is 16.2 Å². The second-order valence-electron chi connectivity index (χ2n) is 22.5. The molecule has 3 saturated heterocycles. The third kappa shape index (κ3) is 13.2. The monoisotopic (exact) mass is 1120 g/mol. The SMILES string of the molecule is CCn1nc(C2CCC(=O)NC2=O)c2ccc(C3CCN(C(=O)Nc4cccc(CS(=O)(=O)N5CC[C@H](Nc6cccc(-c7sc(C(=O)OC(C)(C)C)c(OCC(=O)OC(C)(C)C)c7Cl)c6)CC5(C)C)c4)CC3(F)F)cc21. The Hall–Kier alpha value is -6.16. The van der Waals surface area contributed by atoms with Gasteiger partial charge in [0.15, 0.2) is 17.2 Å². The van der Waals surface area contributed by atoms with Gasteiger partial charge in [-0.15, -0.1) is 11.3 Å². The van der Waals surface area contributed by atoms with Gasteiger partial charge in [0, 0.05) is 54.4 Å². The van der Waals surface area contributed by atoms with Gasteiger partial charge in [-0.25, -0.2) is 31.6 Å². The van der Waals surface area contributed by atoms with Crippen LogP contribution in [-0.4, -0.2) is 112 Å². The molecule has 2 unspecified atom stereocenters. The minimum atomic E-state index is -3.91. The lowest BCUT2D eigenvalue weighted by molar-refractivity contribution is -0.157. The normalized spacial score (nSPS) is 20.1. The van der Waals surface area contributed by atoms with Crippen LogP contribution in [0.2, 0.25) is 5.02 Å². The van der Waals surface area contributed by atoms with Crippen LogP contribution in [0.4, 0.5) is 25.0 Å². The number of imide groups is 1. The van der Waals surface area contributed by atoms with Gasteiger partial charge in [-0.05, 0) is 135 Å². The number of hydrogen-bond acceptors (Lipinski definition) is 13. The maximum Gasteiger partial charge on any atom is 0.352 e. The summed E-state index contributed by atoms with van der Waals surface area (Å²) in [5.74, 6) is -7.57. The summed E-state index contributed by atoms with van der Waals surface area (Å²) in [7, 11) is -3.91. The van der Waals surface area contributed by atoms with Crippen molar-refractivity contribution < 1.29 is 55.4 Å². The number of aromatic nitrogens is 2. The minimum Gasteiger partial charge on any atom is -0.479 e. The van der Waals surface area contributed by atoms with E-state index < -0.39 is 81.6 Å². The number of carbonyl (C=O) groups is 5. The molecule has 0 aliphatic carbocycles. The number of amides is 4. The number of aryl methyl sites for hydroxylation is 1. The van der Waals surface area contributed by atoms with Crippen molar-refractivity contribution in [1.82, 2.24) is 24.3 Å². The second kappa shape index (κ2) is 21.9. The fraction of sp³-hybridized carbons (Fsp3) is 0.491. The molecule has 8 rings (SSSR count). The molecule has 0 bridgehead atoms. The summed E-state index contributed by atoms with van der Waals surface area (Å²) in [4.78, 5) is 65.7. The number of anilines is 2. The molecule has 77 heavy (non-hydrogen) atoms. The molecule has 22 heteroatoms. The van der Waals surface area contributed by atoms with Crippen LogP contribution in [0.1, 0.15) is 133 Å². The number of halogens is 3. The van der Waals surface area contributed by atoms with Crippen LogP contribution >= 0.6 is 22.9 Å². The Labute approximate surface area is 456 Å². The predicted octanol–water partition coefficient (Wildman–Crippen LogP) is 10.5. The lowest BCUT2D eigenvalue weighted by Crippen LogP contribution is -2.55. The van der Waals surface area contributed by atoms with Gasteiger partial charge in [0.05, 0.1) is 40.2 Å². The maximum atomic E-state index is 16.1. The van der Waals surface area contributed by atoms with Crippen LogP contribution in [0.3, 0.4) is 0 Å². The van der Waals surface area contributed by atoms with Gasteiger partial charge in [-0.2, -0.15) is 9.40 Å². The topological polar surface area (TPSA) is 208 Å². The Balaban J connectivity index is 0.885. The summed E-state index contributed by atoms with van der Waals surface area (Å²) >= 11 is 7.99. The minimum absolute atomic E-state index is 0.00965. The standard InChI is InChI=1S/C55H66ClF2N7O10S2/c1-10-64-41-27-33(17-18-38(41)45(62-64)39-19-20-42(66)61-49(39)68)40-22-23-63(31-55(40,57)58)51(70)60-35-15-11-13-32(25-35)30-77(71,72)65-24-21-37(28-54(65,8)9)59-36-16-12-14-34(26-36)47-44(56)46(73-29-43(67)74-52(2,3)4)48(76-47)50(69)75-53(5,6)7/h11-18,25-27,37,39-40,59H,10,19-24,28-31H2,1-9H3,(H,60,70)(H,61,66,68)/t37-,39?,40?/m0/s1. The molecule has 3 aliphatic rings. The fourth-order valence-electron chi connectivity index (χ4n) is 10.3. The van der Waals surface area contributed by atoms with Gasteiger partial charge >= 0.3 is 18.0 Å². The van der Waals surface area contributed by atoms with Gasteiger partial charge in [0.25, 0.3) is 5.92 Å². The van der Waals surface area contributed by atoms with Crippen LogP contribution < -0.4 is 20.7 Å². The fourth-order valence-corrected chi connectivity index (χ4v) is 13.7. The van der Waals surface area contributed by atoms with E-state index in [1.807, 2.05) is 45.0 Å². The number of rotatable bonds is 14. The van der Waals surface area contributed by atoms with Gasteiger partial charge in [0.2, 0.25) is 21.8 Å². The molecule has 414 valence electrons. The Bertz CT molecular complexity index is 3220. The smallest absolute Gasteiger partial charge is 0.352 e. The number of esters is 2. The Morgan fingerprint density at radius 2 is 1.64 bits per heavy atom. The van der Waals surface area contributed by atoms with E-state index >= 15 is 8.78 Å². The number of benzene rings is 3. The largest absolute Gasteiger partial charge is 0.479 e. The average molecular weight is 1120 g/mol. The zero-order valence-corrected chi connectivity index (χ0v) is 47.1. The van der Waals surface area contributed by atoms with Crippen molar-refractivity contribution >= 4 is 85.0 Å². The van der Waals surface area contributed by atoms with Crippen LogP contribution in [0.25, 0.3) is 21.3 Å². The van der Waals surface area contributed by atoms with E-state index in [2.05, 4.69) is 21.0 Å². The molecule has 5 aromatic rings. The van der Waals surface area contributed by atoms with Crippen molar-refractivity contribution in [2.75, 3.05) is 36.9 Å². The van der Waals surface area contributed by atoms with E-state index in [-0.39, 0.29) is 65.0 Å². The molecule has 5 heterocycles. The molecule has 3 aliphatic heterocycles. The van der Waals surface area contributed by atoms with Gasteiger partial charge in [-0.3, -0.25) is 19.6 Å². The van der Waals surface area contributed by atoms with Crippen molar-refractivity contribution in [2.45, 2.75) is 147 Å². The number of ether oxygens (including phenoxy) is 3. The summed E-state index contributed by atoms with van der Waals surface area (Å²) in [5.41, 5.74) is 1.15. The Kier molecular flexibility index (Phi) is 16.2. The van der Waals surface area contributed by atoms with Gasteiger partial charge < -0.3 is 29.7 Å². The number of hydrogen-bond donors (Lipinski definition) is 3. The first-order valence-electron chi connectivity index (χ1n) is 25.7. The molecule has 3 atom stereocenters. The number of nitrogens with one attached hydrogen (secondary N) is 3. The van der Waals surface area contributed by atoms with E-state index in [9.17, 15) is 32.4 Å². The molecule has 3 fully saturated rings. The number of alkyl halides is 2. The average Bonchev–Trinajstić information content (AvgIpc) is 3.87. The molecule has 0 radical (unpaired) electrons. The quantitative estimate of drug-likeness (QED) is 0.0701. The molecule has 3 N–H and O–H groups in total. The van der Waals surface area contributed by atoms with E-state index in [0.717, 1.165) is 21.9 Å². The van der Waals surface area contributed by atoms with Crippen LogP contribution in [0.15, 0.2) is 66.7 Å². The van der Waals surface area contributed by atoms with Crippen molar-refractivity contribution in [3.63, 3.8) is 0 Å². The lowest BCUT2D eigenvalue weighted by atomic mass is 9.85. The summed E-state index contributed by atoms with van der Waals surface area (Å²) in [6, 6.07) is 17.9. The third-order valence-corrected chi connectivity index (χ3v) is 17.3. The Morgan fingerprint density at radius 3 is 2.31 bits per heavy atom. The zero-order chi connectivity index (χ0) is 56.0. The molecule has 0 saturated carbocycles. The second-order valence-corrected chi connectivity index (χ2v) is 25.8. The number of likely N-dealkylation sites (tertiary alicyclic amines) is 1. The van der Waals surface area contributed by atoms with Crippen LogP contribution in [-0.2, 0) is 46.2 Å². The first-order chi connectivity index (χ1) is 36.0. The third-order valence-electron chi connectivity index (χ3n) is 13.6. The van der Waals surface area contributed by atoms with E-state index in [4.69, 9.17) is 25.8 Å². The molecule has 2 aromatic heterocycles. The summed E-state index contributed by atoms with van der Waals surface area (Å²) in [5, 5.41) is 14.1. The van der Waals surface area contributed by atoms with E-state index in [1.54, 1.807) is 82.6 Å². The lowest BCUT2D eigenvalue weighted by Gasteiger charge is -2.45. The van der Waals surface area contributed by atoms with Crippen molar-refractivity contribution in [3.8, 4) is 16.2 Å². The molecule has 17 nitrogen and oxygen atoms in total. The highest BCUT2D eigenvalue weighted by Crippen LogP contribution is 2.47. The first-order valence-corrected chi connectivity index (χ1v) is 28.5. The Morgan fingerprint density at radius 1 is 0.922 bits per heavy atom. The number of urea groups is 1. The number of thiophene rings is 1. The van der Waals surface area contributed by atoms with Gasteiger partial charge in [-0.1, -0.05) is 48.0 Å². The van der Waals surface area contributed by atoms with Crippen molar-refractivity contribution in [2.24, 2.45) is 0 Å². The van der Waals surface area contributed by atoms with Crippen LogP contribution in [0.5, 0.6) is 5.75 Å². The number of fused-ring (bicyclic) bond motifs is 1. The molecular formula is C55H66ClF2N7O10S2. The highest BCUT2D eigenvalue weighted by molar-refractivity contribution is 7.88. The van der Waals surface area contributed by atoms with Crippen molar-refractivity contribution in [3.05, 3.63) is 93.5 Å². The number of sulfonamides is 1. The highest BCUT2D eigenvalue weighted by Gasteiger charge is 2.47. The van der Waals surface area contributed by atoms with E-state index in [1.165, 1.54) is 10.4 Å². The molecule has 3 aromatic carbocycles. The number of piperidine rings is 3. The summed E-state index contributed by atoms with van der Waals surface area (Å²) < 4.78 is 80.6. The van der Waals surface area contributed by atoms with E-state index in [0.29, 0.717) is 64.0 Å². The van der Waals surface area contributed by atoms with Crippen molar-refractivity contribution in [1.29, 1.82) is 0 Å². The highest BCUT2D eigenvalue weighted by atomic mass is 35.5. The molecular weight excluding hydrogens is 1060 g/mol. The first kappa shape index (κ1) is 57.0. The number of carbonyl (C=O) groups excluding carboxylic acids is 5.